The van der Waals surface area contributed by atoms with Crippen molar-refractivity contribution < 1.29 is 29.6 Å². The molecule has 0 unspecified atom stereocenters. The van der Waals surface area contributed by atoms with Crippen LogP contribution in [0.4, 0.5) is 0 Å². The highest BCUT2D eigenvalue weighted by molar-refractivity contribution is 6.03. The maximum atomic E-state index is 11.4. The Morgan fingerprint density at radius 1 is 1.25 bits per heavy atom. The molecule has 7 N–H and O–H groups in total. The lowest BCUT2D eigenvalue weighted by atomic mass is 10.0. The van der Waals surface area contributed by atoms with Crippen molar-refractivity contribution in [1.29, 1.82) is 0 Å². The van der Waals surface area contributed by atoms with Crippen LogP contribution in [-0.4, -0.2) is 61.6 Å². The molecule has 1 fully saturated rings. The van der Waals surface area contributed by atoms with Crippen LogP contribution in [0, 0.1) is 0 Å². The number of rotatable bonds is 3. The number of amides is 2. The third-order valence-corrected chi connectivity index (χ3v) is 3.01. The van der Waals surface area contributed by atoms with Crippen LogP contribution in [0.1, 0.15) is 27.2 Å². The number of hydrogen-bond donors (Lipinski definition) is 5. The quantitative estimate of drug-likeness (QED) is 0.386. The summed E-state index contributed by atoms with van der Waals surface area (Å²) in [5, 5.41) is 28.8. The van der Waals surface area contributed by atoms with Crippen LogP contribution < -0.4 is 11.5 Å². The first-order chi connectivity index (χ1) is 9.34. The molecule has 10 heteroatoms. The number of imidazole rings is 1. The average Bonchev–Trinajstić information content (AvgIpc) is 2.81. The molecular weight excluding hydrogens is 272 g/mol. The summed E-state index contributed by atoms with van der Waals surface area (Å²) in [6, 6.07) is 0. The van der Waals surface area contributed by atoms with Crippen molar-refractivity contribution in [3.63, 3.8) is 0 Å². The predicted molar refractivity (Wildman–Crippen MR) is 62.3 cm³/mol. The molecule has 0 aliphatic carbocycles. The SMILES string of the molecule is NC(=O)c1ncn([C@@H]2OC[C@H](O)[C@@H](O)[C@@H]2O)c1C(N)=O. The molecule has 0 radical (unpaired) electrons. The molecule has 10 nitrogen and oxygen atoms in total. The number of aromatic nitrogens is 2. The van der Waals surface area contributed by atoms with Crippen molar-refractivity contribution in [2.45, 2.75) is 24.5 Å². The number of aliphatic hydroxyl groups excluding tert-OH is 3. The molecule has 0 spiro atoms. The van der Waals surface area contributed by atoms with Crippen LogP contribution >= 0.6 is 0 Å². The first kappa shape index (κ1) is 14.4. The highest BCUT2D eigenvalue weighted by Crippen LogP contribution is 2.26. The van der Waals surface area contributed by atoms with E-state index in [1.54, 1.807) is 0 Å². The summed E-state index contributed by atoms with van der Waals surface area (Å²) in [4.78, 5) is 26.2. The standard InChI is InChI=1S/C10H14N4O6/c11-8(18)4-5(9(12)19)14(2-13-4)10-7(17)6(16)3(15)1-20-10/h2-3,6-7,10,15-17H,1H2,(H2,11,18)(H2,12,19)/t3-,6+,7-,10+/m0/s1. The second-order valence-corrected chi connectivity index (χ2v) is 4.35. The Morgan fingerprint density at radius 3 is 2.45 bits per heavy atom. The predicted octanol–water partition coefficient (Wildman–Crippen LogP) is -3.31. The van der Waals surface area contributed by atoms with Gasteiger partial charge in [-0.05, 0) is 0 Å². The summed E-state index contributed by atoms with van der Waals surface area (Å²) >= 11 is 0. The summed E-state index contributed by atoms with van der Waals surface area (Å²) in [5.41, 5.74) is 9.51. The van der Waals surface area contributed by atoms with Gasteiger partial charge in [0.2, 0.25) is 0 Å². The van der Waals surface area contributed by atoms with Gasteiger partial charge in [0.05, 0.1) is 12.9 Å². The van der Waals surface area contributed by atoms with E-state index < -0.39 is 36.4 Å². The molecule has 110 valence electrons. The second kappa shape index (κ2) is 5.17. The number of aliphatic hydroxyl groups is 3. The zero-order chi connectivity index (χ0) is 15.0. The van der Waals surface area contributed by atoms with E-state index in [-0.39, 0.29) is 18.0 Å². The number of nitrogens with two attached hydrogens (primary N) is 2. The normalized spacial score (nSPS) is 30.1. The zero-order valence-corrected chi connectivity index (χ0v) is 10.2. The maximum absolute atomic E-state index is 11.4. The van der Waals surface area contributed by atoms with Gasteiger partial charge in [-0.1, -0.05) is 0 Å². The molecule has 2 rings (SSSR count). The molecule has 1 aromatic heterocycles. The summed E-state index contributed by atoms with van der Waals surface area (Å²) in [5.74, 6) is -1.96. The molecule has 1 aromatic rings. The summed E-state index contributed by atoms with van der Waals surface area (Å²) in [6.07, 6.45) is -4.46. The number of carbonyl (C=O) groups excluding carboxylic acids is 2. The highest BCUT2D eigenvalue weighted by Gasteiger charge is 2.40. The fourth-order valence-corrected chi connectivity index (χ4v) is 2.01. The van der Waals surface area contributed by atoms with Crippen LogP contribution in [0.5, 0.6) is 0 Å². The molecule has 0 bridgehead atoms. The van der Waals surface area contributed by atoms with Crippen LogP contribution in [-0.2, 0) is 4.74 Å². The van der Waals surface area contributed by atoms with Crippen LogP contribution in [0.15, 0.2) is 6.33 Å². The van der Waals surface area contributed by atoms with Crippen LogP contribution in [0.2, 0.25) is 0 Å². The third-order valence-electron chi connectivity index (χ3n) is 3.01. The Bertz CT molecular complexity index is 544. The largest absolute Gasteiger partial charge is 0.388 e. The van der Waals surface area contributed by atoms with Crippen LogP contribution in [0.3, 0.4) is 0 Å². The van der Waals surface area contributed by atoms with Gasteiger partial charge < -0.3 is 31.5 Å². The third kappa shape index (κ3) is 2.25. The Morgan fingerprint density at radius 2 is 1.90 bits per heavy atom. The lowest BCUT2D eigenvalue weighted by Crippen LogP contribution is -2.51. The molecule has 1 saturated heterocycles. The molecule has 0 aromatic carbocycles. The van der Waals surface area contributed by atoms with Crippen molar-refractivity contribution in [3.05, 3.63) is 17.7 Å². The van der Waals surface area contributed by atoms with Gasteiger partial charge in [0, 0.05) is 0 Å². The highest BCUT2D eigenvalue weighted by atomic mass is 16.5. The molecule has 20 heavy (non-hydrogen) atoms. The van der Waals surface area contributed by atoms with Crippen molar-refractivity contribution in [3.8, 4) is 0 Å². The number of nitrogens with zero attached hydrogens (tertiary/aromatic N) is 2. The molecule has 2 heterocycles. The summed E-state index contributed by atoms with van der Waals surface area (Å²) < 4.78 is 6.15. The monoisotopic (exact) mass is 286 g/mol. The van der Waals surface area contributed by atoms with Gasteiger partial charge in [-0.3, -0.25) is 14.2 Å². The molecule has 2 amide bonds. The number of carbonyl (C=O) groups is 2. The van der Waals surface area contributed by atoms with Crippen molar-refractivity contribution >= 4 is 11.8 Å². The van der Waals surface area contributed by atoms with E-state index in [1.165, 1.54) is 0 Å². The van der Waals surface area contributed by atoms with Gasteiger partial charge in [-0.15, -0.1) is 0 Å². The Hall–Kier alpha value is -2.01. The second-order valence-electron chi connectivity index (χ2n) is 4.35. The summed E-state index contributed by atoms with van der Waals surface area (Å²) in [6.45, 7) is -0.273. The van der Waals surface area contributed by atoms with E-state index in [2.05, 4.69) is 4.98 Å². The minimum absolute atomic E-state index is 0.273. The first-order valence-electron chi connectivity index (χ1n) is 5.66. The van der Waals surface area contributed by atoms with Crippen molar-refractivity contribution in [2.24, 2.45) is 11.5 Å². The Balaban J connectivity index is 2.43. The van der Waals surface area contributed by atoms with E-state index in [0.29, 0.717) is 0 Å². The summed E-state index contributed by atoms with van der Waals surface area (Å²) in [7, 11) is 0. The van der Waals surface area contributed by atoms with E-state index in [9.17, 15) is 24.9 Å². The van der Waals surface area contributed by atoms with Gasteiger partial charge >= 0.3 is 0 Å². The van der Waals surface area contributed by atoms with Gasteiger partial charge in [0.25, 0.3) is 11.8 Å². The smallest absolute Gasteiger partial charge is 0.269 e. The number of hydrogen-bond acceptors (Lipinski definition) is 7. The average molecular weight is 286 g/mol. The molecule has 0 saturated carbocycles. The first-order valence-corrected chi connectivity index (χ1v) is 5.66. The topological polar surface area (TPSA) is 174 Å². The molecule has 1 aliphatic rings. The van der Waals surface area contributed by atoms with E-state index in [1.807, 2.05) is 0 Å². The molecular formula is C10H14N4O6. The van der Waals surface area contributed by atoms with Gasteiger partial charge in [-0.2, -0.15) is 0 Å². The lowest BCUT2D eigenvalue weighted by molar-refractivity contribution is -0.211. The number of ether oxygens (including phenoxy) is 1. The van der Waals surface area contributed by atoms with Gasteiger partial charge in [-0.25, -0.2) is 4.98 Å². The maximum Gasteiger partial charge on any atom is 0.269 e. The van der Waals surface area contributed by atoms with E-state index in [4.69, 9.17) is 16.2 Å². The Kier molecular flexibility index (Phi) is 3.72. The van der Waals surface area contributed by atoms with Gasteiger partial charge in [0.15, 0.2) is 11.9 Å². The zero-order valence-electron chi connectivity index (χ0n) is 10.2. The fraction of sp³-hybridized carbons (Fsp3) is 0.500. The van der Waals surface area contributed by atoms with Crippen LogP contribution in [0.25, 0.3) is 0 Å². The minimum atomic E-state index is -1.54. The lowest BCUT2D eigenvalue weighted by Gasteiger charge is -2.36. The fourth-order valence-electron chi connectivity index (χ4n) is 2.01. The van der Waals surface area contributed by atoms with Gasteiger partial charge in [0.1, 0.15) is 24.0 Å². The van der Waals surface area contributed by atoms with Crippen molar-refractivity contribution in [2.75, 3.05) is 6.61 Å². The van der Waals surface area contributed by atoms with E-state index in [0.717, 1.165) is 10.9 Å². The van der Waals surface area contributed by atoms with E-state index >= 15 is 0 Å². The minimum Gasteiger partial charge on any atom is -0.388 e. The van der Waals surface area contributed by atoms with Crippen molar-refractivity contribution in [1.82, 2.24) is 9.55 Å². The molecule has 4 atom stereocenters. The molecule has 1 aliphatic heterocycles. The Labute approximate surface area is 112 Å². The number of primary amides is 2.